The molecule has 3 aromatic rings. The van der Waals surface area contributed by atoms with Crippen LogP contribution < -0.4 is 5.32 Å². The van der Waals surface area contributed by atoms with E-state index in [1.165, 1.54) is 0 Å². The lowest BCUT2D eigenvalue weighted by atomic mass is 9.99. The molecule has 3 rings (SSSR count). The Balaban J connectivity index is 1.87. The van der Waals surface area contributed by atoms with Gasteiger partial charge in [-0.05, 0) is 30.2 Å². The summed E-state index contributed by atoms with van der Waals surface area (Å²) in [6, 6.07) is 5.72. The smallest absolute Gasteiger partial charge is 0.262 e. The van der Waals surface area contributed by atoms with Crippen molar-refractivity contribution in [3.05, 3.63) is 47.8 Å². The zero-order chi connectivity index (χ0) is 18.2. The van der Waals surface area contributed by atoms with E-state index in [-0.39, 0.29) is 5.95 Å². The highest BCUT2D eigenvalue weighted by atomic mass is 19.3. The summed E-state index contributed by atoms with van der Waals surface area (Å²) in [5.74, 6) is -2.66. The molecule has 0 saturated heterocycles. The molecule has 0 saturated carbocycles. The molecule has 0 fully saturated rings. The molecule has 2 aromatic heterocycles. The second kappa shape index (κ2) is 6.19. The van der Waals surface area contributed by atoms with Crippen LogP contribution in [0, 0.1) is 6.92 Å². The van der Waals surface area contributed by atoms with E-state index in [0.717, 1.165) is 34.7 Å². The van der Waals surface area contributed by atoms with E-state index in [4.69, 9.17) is 0 Å². The summed E-state index contributed by atoms with van der Waals surface area (Å²) in [4.78, 5) is 8.36. The third kappa shape index (κ3) is 3.62. The Morgan fingerprint density at radius 1 is 1.36 bits per heavy atom. The van der Waals surface area contributed by atoms with E-state index < -0.39 is 12.5 Å². The zero-order valence-corrected chi connectivity index (χ0v) is 14.2. The largest absolute Gasteiger partial charge is 0.348 e. The van der Waals surface area contributed by atoms with E-state index >= 15 is 0 Å². The van der Waals surface area contributed by atoms with E-state index in [0.29, 0.717) is 5.69 Å². The molecular weight excluding hydrogens is 326 g/mol. The van der Waals surface area contributed by atoms with Gasteiger partial charge in [-0.3, -0.25) is 0 Å². The zero-order valence-electron chi connectivity index (χ0n) is 14.2. The molecule has 8 heteroatoms. The number of fused-ring (bicyclic) bond motifs is 1. The summed E-state index contributed by atoms with van der Waals surface area (Å²) in [5, 5.41) is 10.6. The fraction of sp³-hybridized carbons (Fsp3) is 0.294. The van der Waals surface area contributed by atoms with Crippen LogP contribution in [-0.4, -0.2) is 37.4 Å². The van der Waals surface area contributed by atoms with Crippen molar-refractivity contribution in [3.8, 4) is 0 Å². The number of halogens is 2. The minimum absolute atomic E-state index is 0.168. The van der Waals surface area contributed by atoms with Gasteiger partial charge in [-0.25, -0.2) is 23.4 Å². The number of nitrogens with zero attached hydrogens (tertiary/aromatic N) is 5. The number of hydrogen-bond acceptors (Lipinski definition) is 5. The van der Waals surface area contributed by atoms with Gasteiger partial charge in [0.2, 0.25) is 5.95 Å². The SMILES string of the molecule is C=C(c1ccc2nnn(C)c2c1)c1cnc(NCC(C)(F)F)nc1C. The van der Waals surface area contributed by atoms with Crippen molar-refractivity contribution in [2.75, 3.05) is 11.9 Å². The highest BCUT2D eigenvalue weighted by molar-refractivity contribution is 5.85. The van der Waals surface area contributed by atoms with Crippen LogP contribution in [0.3, 0.4) is 0 Å². The maximum absolute atomic E-state index is 12.9. The summed E-state index contributed by atoms with van der Waals surface area (Å²) < 4.78 is 27.5. The van der Waals surface area contributed by atoms with Crippen molar-refractivity contribution in [3.63, 3.8) is 0 Å². The molecule has 0 aliphatic carbocycles. The molecular formula is C17H18F2N6. The molecule has 130 valence electrons. The number of aryl methyl sites for hydroxylation is 2. The van der Waals surface area contributed by atoms with Crippen LogP contribution in [0.25, 0.3) is 16.6 Å². The molecule has 1 N–H and O–H groups in total. The van der Waals surface area contributed by atoms with Crippen molar-refractivity contribution in [1.82, 2.24) is 25.0 Å². The Morgan fingerprint density at radius 3 is 2.80 bits per heavy atom. The molecule has 2 heterocycles. The van der Waals surface area contributed by atoms with Gasteiger partial charge in [0.15, 0.2) is 0 Å². The second-order valence-corrected chi connectivity index (χ2v) is 6.01. The maximum Gasteiger partial charge on any atom is 0.262 e. The number of rotatable bonds is 5. The standard InChI is InChI=1S/C17H18F2N6/c1-10(12-5-6-14-15(7-12)25(4)24-23-14)13-8-20-16(22-11(13)2)21-9-17(3,18)19/h5-8H,1,9H2,2-4H3,(H,20,21,22). The van der Waals surface area contributed by atoms with Crippen molar-refractivity contribution in [1.29, 1.82) is 0 Å². The normalized spacial score (nSPS) is 11.7. The van der Waals surface area contributed by atoms with E-state index in [2.05, 4.69) is 32.2 Å². The predicted octanol–water partition coefficient (Wildman–Crippen LogP) is 3.20. The van der Waals surface area contributed by atoms with E-state index in [1.54, 1.807) is 17.8 Å². The number of aromatic nitrogens is 5. The van der Waals surface area contributed by atoms with Gasteiger partial charge in [0, 0.05) is 25.7 Å². The second-order valence-electron chi connectivity index (χ2n) is 6.01. The average Bonchev–Trinajstić information content (AvgIpc) is 2.92. The predicted molar refractivity (Wildman–Crippen MR) is 92.5 cm³/mol. The van der Waals surface area contributed by atoms with Crippen LogP contribution in [0.4, 0.5) is 14.7 Å². The van der Waals surface area contributed by atoms with Gasteiger partial charge in [0.1, 0.15) is 5.52 Å². The molecule has 0 spiro atoms. The van der Waals surface area contributed by atoms with Crippen LogP contribution in [0.15, 0.2) is 31.0 Å². The number of anilines is 1. The molecule has 0 radical (unpaired) electrons. The number of benzene rings is 1. The molecule has 0 aliphatic heterocycles. The van der Waals surface area contributed by atoms with Gasteiger partial charge in [-0.15, -0.1) is 5.10 Å². The monoisotopic (exact) mass is 344 g/mol. The number of hydrogen-bond donors (Lipinski definition) is 1. The molecule has 1 aromatic carbocycles. The molecule has 0 aliphatic rings. The summed E-state index contributed by atoms with van der Waals surface area (Å²) in [5.41, 5.74) is 4.74. The van der Waals surface area contributed by atoms with Gasteiger partial charge in [0.25, 0.3) is 5.92 Å². The minimum atomic E-state index is -2.83. The summed E-state index contributed by atoms with van der Waals surface area (Å²) in [7, 11) is 1.82. The molecule has 0 bridgehead atoms. The van der Waals surface area contributed by atoms with Crippen LogP contribution in [0.2, 0.25) is 0 Å². The first-order chi connectivity index (χ1) is 11.7. The van der Waals surface area contributed by atoms with Crippen molar-refractivity contribution < 1.29 is 8.78 Å². The first-order valence-electron chi connectivity index (χ1n) is 7.69. The Hall–Kier alpha value is -2.90. The number of nitrogens with one attached hydrogen (secondary N) is 1. The Labute approximate surface area is 143 Å². The Morgan fingerprint density at radius 2 is 2.12 bits per heavy atom. The van der Waals surface area contributed by atoms with Crippen molar-refractivity contribution in [2.24, 2.45) is 7.05 Å². The molecule has 0 unspecified atom stereocenters. The van der Waals surface area contributed by atoms with E-state index in [1.807, 2.05) is 25.2 Å². The molecule has 6 nitrogen and oxygen atoms in total. The lowest BCUT2D eigenvalue weighted by molar-refractivity contribution is 0.0366. The topological polar surface area (TPSA) is 68.5 Å². The maximum atomic E-state index is 12.9. The van der Waals surface area contributed by atoms with Crippen molar-refractivity contribution >= 4 is 22.6 Å². The van der Waals surface area contributed by atoms with Crippen molar-refractivity contribution in [2.45, 2.75) is 19.8 Å². The third-order valence-corrected chi connectivity index (χ3v) is 3.82. The van der Waals surface area contributed by atoms with Gasteiger partial charge < -0.3 is 5.32 Å². The fourth-order valence-electron chi connectivity index (χ4n) is 2.46. The van der Waals surface area contributed by atoms with Crippen LogP contribution >= 0.6 is 0 Å². The first-order valence-corrected chi connectivity index (χ1v) is 7.69. The molecule has 25 heavy (non-hydrogen) atoms. The minimum Gasteiger partial charge on any atom is -0.348 e. The lowest BCUT2D eigenvalue weighted by Gasteiger charge is -2.13. The average molecular weight is 344 g/mol. The van der Waals surface area contributed by atoms with Gasteiger partial charge >= 0.3 is 0 Å². The lowest BCUT2D eigenvalue weighted by Crippen LogP contribution is -2.24. The quantitative estimate of drug-likeness (QED) is 0.770. The van der Waals surface area contributed by atoms with E-state index in [9.17, 15) is 8.78 Å². The fourth-order valence-corrected chi connectivity index (χ4v) is 2.46. The Kier molecular flexibility index (Phi) is 4.20. The molecule has 0 atom stereocenters. The summed E-state index contributed by atoms with van der Waals surface area (Å²) >= 11 is 0. The highest BCUT2D eigenvalue weighted by Gasteiger charge is 2.21. The van der Waals surface area contributed by atoms with Gasteiger partial charge in [-0.2, -0.15) is 0 Å². The van der Waals surface area contributed by atoms with Gasteiger partial charge in [-0.1, -0.05) is 17.9 Å². The highest BCUT2D eigenvalue weighted by Crippen LogP contribution is 2.26. The first kappa shape index (κ1) is 16.9. The van der Waals surface area contributed by atoms with Crippen LogP contribution in [-0.2, 0) is 7.05 Å². The molecule has 0 amide bonds. The third-order valence-electron chi connectivity index (χ3n) is 3.82. The van der Waals surface area contributed by atoms with Crippen LogP contribution in [0.1, 0.15) is 23.7 Å². The summed E-state index contributed by atoms with van der Waals surface area (Å²) in [6.07, 6.45) is 1.59. The summed E-state index contributed by atoms with van der Waals surface area (Å²) in [6.45, 7) is 6.24. The number of alkyl halides is 2. The van der Waals surface area contributed by atoms with Crippen LogP contribution in [0.5, 0.6) is 0 Å². The van der Waals surface area contributed by atoms with Gasteiger partial charge in [0.05, 0.1) is 17.8 Å². The Bertz CT molecular complexity index is 942.